The number of methoxy groups -OCH3 is 1. The molecule has 39 heavy (non-hydrogen) atoms. The van der Waals surface area contributed by atoms with Crippen molar-refractivity contribution in [3.05, 3.63) is 89.0 Å². The maximum absolute atomic E-state index is 11.4. The van der Waals surface area contributed by atoms with Gasteiger partial charge in [-0.15, -0.1) is 0 Å². The van der Waals surface area contributed by atoms with Crippen molar-refractivity contribution in [2.24, 2.45) is 4.99 Å². The highest BCUT2D eigenvalue weighted by Gasteiger charge is 2.26. The number of urea groups is 1. The van der Waals surface area contributed by atoms with Crippen LogP contribution in [0.3, 0.4) is 0 Å². The molecule has 1 heterocycles. The second-order valence-electron chi connectivity index (χ2n) is 10.6. The van der Waals surface area contributed by atoms with Gasteiger partial charge in [0.25, 0.3) is 0 Å². The zero-order valence-electron chi connectivity index (χ0n) is 24.0. The van der Waals surface area contributed by atoms with E-state index < -0.39 is 5.97 Å². The van der Waals surface area contributed by atoms with Gasteiger partial charge in [0.1, 0.15) is 17.1 Å². The van der Waals surface area contributed by atoms with E-state index in [1.807, 2.05) is 25.1 Å². The van der Waals surface area contributed by atoms with Crippen molar-refractivity contribution in [3.8, 4) is 16.9 Å². The third kappa shape index (κ3) is 7.79. The Labute approximate surface area is 232 Å². The minimum Gasteiger partial charge on any atom is -0.496 e. The van der Waals surface area contributed by atoms with Crippen molar-refractivity contribution in [3.63, 3.8) is 0 Å². The van der Waals surface area contributed by atoms with Crippen molar-refractivity contribution in [1.82, 2.24) is 4.90 Å². The number of aryl methyl sites for hydroxylation is 2. The third-order valence-corrected chi connectivity index (χ3v) is 6.87. The van der Waals surface area contributed by atoms with Crippen molar-refractivity contribution in [1.29, 1.82) is 0 Å². The molecular weight excluding hydrogens is 488 g/mol. The maximum atomic E-state index is 11.4. The Balaban J connectivity index is 0.000000293. The predicted octanol–water partition coefficient (Wildman–Crippen LogP) is 7.78. The van der Waals surface area contributed by atoms with Gasteiger partial charge in [-0.2, -0.15) is 4.99 Å². The molecule has 1 aliphatic rings. The highest BCUT2D eigenvalue weighted by atomic mass is 16.5. The lowest BCUT2D eigenvalue weighted by molar-refractivity contribution is 0.0693. The molecule has 0 saturated heterocycles. The Morgan fingerprint density at radius 1 is 0.923 bits per heavy atom. The lowest BCUT2D eigenvalue weighted by atomic mass is 9.86. The van der Waals surface area contributed by atoms with Crippen LogP contribution in [0.1, 0.15) is 74.5 Å². The zero-order valence-corrected chi connectivity index (χ0v) is 24.0. The number of amidine groups is 1. The monoisotopic (exact) mass is 528 g/mol. The summed E-state index contributed by atoms with van der Waals surface area (Å²) in [6.07, 6.45) is 3.66. The summed E-state index contributed by atoms with van der Waals surface area (Å²) in [6.45, 7) is 11.5. The van der Waals surface area contributed by atoms with Gasteiger partial charge in [-0.1, -0.05) is 82.3 Å². The molecule has 0 aliphatic carbocycles. The lowest BCUT2D eigenvalue weighted by Crippen LogP contribution is -2.43. The summed E-state index contributed by atoms with van der Waals surface area (Å²) in [7, 11) is 1.46. The molecule has 2 amide bonds. The molecule has 0 spiro atoms. The number of ether oxygens (including phenoxy) is 1. The number of aromatic carboxylic acids is 1. The van der Waals surface area contributed by atoms with Crippen molar-refractivity contribution in [2.75, 3.05) is 13.7 Å². The van der Waals surface area contributed by atoms with E-state index in [1.165, 1.54) is 18.2 Å². The van der Waals surface area contributed by atoms with E-state index in [1.54, 1.807) is 17.0 Å². The molecule has 0 atom stereocenters. The van der Waals surface area contributed by atoms with E-state index >= 15 is 0 Å². The molecule has 3 aromatic carbocycles. The van der Waals surface area contributed by atoms with Gasteiger partial charge in [0, 0.05) is 13.0 Å². The van der Waals surface area contributed by atoms with Gasteiger partial charge >= 0.3 is 12.0 Å². The first-order chi connectivity index (χ1) is 18.6. The van der Waals surface area contributed by atoms with E-state index in [-0.39, 0.29) is 17.0 Å². The number of hydrogen-bond acceptors (Lipinski definition) is 3. The van der Waals surface area contributed by atoms with Gasteiger partial charge in [-0.25, -0.2) is 9.59 Å². The molecule has 4 rings (SSSR count). The molecule has 0 aromatic heterocycles. The lowest BCUT2D eigenvalue weighted by Gasteiger charge is -2.27. The standard InChI is InChI=1S/C21H22N2O4.C12H18/c1-3-23-19(22-21(23)26)9-5-7-14-6-4-8-15(12-14)16-10-11-18(27-2)17(13-16)20(24)25;1-5-10-6-8-11(9-7-10)12(2,3)4/h4,6,8,10-13H,3,5,7,9H2,1-2H3,(H,24,25);6-9H,5H2,1-4H3. The highest BCUT2D eigenvalue weighted by molar-refractivity contribution is 6.11. The van der Waals surface area contributed by atoms with Crippen LogP contribution in [0.4, 0.5) is 4.79 Å². The van der Waals surface area contributed by atoms with Gasteiger partial charge < -0.3 is 9.84 Å². The summed E-state index contributed by atoms with van der Waals surface area (Å²) in [5.41, 5.74) is 6.22. The molecule has 6 heteroatoms. The highest BCUT2D eigenvalue weighted by Crippen LogP contribution is 2.28. The fourth-order valence-electron chi connectivity index (χ4n) is 4.46. The van der Waals surface area contributed by atoms with Crippen LogP contribution < -0.4 is 4.74 Å². The fraction of sp³-hybridized carbons (Fsp3) is 0.364. The van der Waals surface area contributed by atoms with Crippen molar-refractivity contribution >= 4 is 17.8 Å². The van der Waals surface area contributed by atoms with Gasteiger partial charge in [-0.3, -0.25) is 4.90 Å². The number of benzene rings is 3. The number of hydrogen-bond donors (Lipinski definition) is 1. The van der Waals surface area contributed by atoms with Gasteiger partial charge in [0.15, 0.2) is 0 Å². The second-order valence-corrected chi connectivity index (χ2v) is 10.6. The van der Waals surface area contributed by atoms with E-state index in [2.05, 4.69) is 69.1 Å². The summed E-state index contributed by atoms with van der Waals surface area (Å²) >= 11 is 0. The Kier molecular flexibility index (Phi) is 10.0. The normalized spacial score (nSPS) is 12.7. The quantitative estimate of drug-likeness (QED) is 0.307. The van der Waals surface area contributed by atoms with Gasteiger partial charge in [-0.05, 0) is 71.6 Å². The van der Waals surface area contributed by atoms with Crippen LogP contribution in [-0.4, -0.2) is 41.5 Å². The number of nitrogens with zero attached hydrogens (tertiary/aromatic N) is 2. The SMILES string of the molecule is CCN1C(=O)N=C1CCCc1cccc(-c2ccc(OC)c(C(=O)O)c2)c1.CCc1ccc(C(C)(C)C)cc1. The Hall–Kier alpha value is -3.93. The number of rotatable bonds is 9. The second kappa shape index (κ2) is 13.2. The van der Waals surface area contributed by atoms with Crippen molar-refractivity contribution < 1.29 is 19.4 Å². The Morgan fingerprint density at radius 2 is 1.62 bits per heavy atom. The number of carbonyl (C=O) groups excluding carboxylic acids is 1. The number of aliphatic imine (C=N–C) groups is 1. The Bertz CT molecular complexity index is 1320. The number of carbonyl (C=O) groups is 2. The van der Waals surface area contributed by atoms with Crippen LogP contribution in [0.15, 0.2) is 71.7 Å². The molecule has 0 radical (unpaired) electrons. The maximum Gasteiger partial charge on any atom is 0.350 e. The average Bonchev–Trinajstić information content (AvgIpc) is 2.92. The summed E-state index contributed by atoms with van der Waals surface area (Å²) in [6, 6.07) is 22.0. The zero-order chi connectivity index (χ0) is 28.6. The van der Waals surface area contributed by atoms with E-state index in [0.29, 0.717) is 12.3 Å². The topological polar surface area (TPSA) is 79.2 Å². The molecule has 0 saturated carbocycles. The average molecular weight is 529 g/mol. The van der Waals surface area contributed by atoms with E-state index in [4.69, 9.17) is 4.74 Å². The third-order valence-electron chi connectivity index (χ3n) is 6.87. The largest absolute Gasteiger partial charge is 0.496 e. The summed E-state index contributed by atoms with van der Waals surface area (Å²) < 4.78 is 5.12. The molecule has 1 N–H and O–H groups in total. The summed E-state index contributed by atoms with van der Waals surface area (Å²) in [5, 5.41) is 9.36. The van der Waals surface area contributed by atoms with Crippen LogP contribution in [0, 0.1) is 0 Å². The first-order valence-corrected chi connectivity index (χ1v) is 13.6. The molecule has 6 nitrogen and oxygen atoms in total. The van der Waals surface area contributed by atoms with Crippen LogP contribution in [0.25, 0.3) is 11.1 Å². The Morgan fingerprint density at radius 3 is 2.18 bits per heavy atom. The molecule has 3 aromatic rings. The molecule has 206 valence electrons. The first-order valence-electron chi connectivity index (χ1n) is 13.6. The van der Waals surface area contributed by atoms with Crippen LogP contribution >= 0.6 is 0 Å². The number of carboxylic acids is 1. The molecule has 0 fully saturated rings. The van der Waals surface area contributed by atoms with Crippen LogP contribution in [0.2, 0.25) is 0 Å². The number of amides is 2. The summed E-state index contributed by atoms with van der Waals surface area (Å²) in [4.78, 5) is 28.4. The minimum atomic E-state index is -1.01. The minimum absolute atomic E-state index is 0.146. The summed E-state index contributed by atoms with van der Waals surface area (Å²) in [5.74, 6) is 0.194. The van der Waals surface area contributed by atoms with Gasteiger partial charge in [0.05, 0.1) is 7.11 Å². The van der Waals surface area contributed by atoms with E-state index in [9.17, 15) is 14.7 Å². The fourth-order valence-corrected chi connectivity index (χ4v) is 4.46. The van der Waals surface area contributed by atoms with Gasteiger partial charge in [0.2, 0.25) is 0 Å². The van der Waals surface area contributed by atoms with Crippen molar-refractivity contribution in [2.45, 2.75) is 65.7 Å². The van der Waals surface area contributed by atoms with Crippen LogP contribution in [-0.2, 0) is 18.3 Å². The smallest absolute Gasteiger partial charge is 0.350 e. The van der Waals surface area contributed by atoms with Crippen LogP contribution in [0.5, 0.6) is 5.75 Å². The predicted molar refractivity (Wildman–Crippen MR) is 158 cm³/mol. The molecular formula is C33H40N2O4. The van der Waals surface area contributed by atoms with E-state index in [0.717, 1.165) is 48.2 Å². The molecule has 0 unspecified atom stereocenters. The number of carboxylic acid groups (broad SMARTS) is 1. The first kappa shape index (κ1) is 29.6. The molecule has 0 bridgehead atoms. The molecule has 1 aliphatic heterocycles.